The van der Waals surface area contributed by atoms with Crippen molar-refractivity contribution in [3.8, 4) is 17.2 Å². The quantitative estimate of drug-likeness (QED) is 0.206. The third-order valence-electron chi connectivity index (χ3n) is 6.47. The molecule has 2 N–H and O–H groups in total. The summed E-state index contributed by atoms with van der Waals surface area (Å²) >= 11 is 3.34. The number of aliphatic hydroxyl groups excluding tert-OH is 1. The van der Waals surface area contributed by atoms with Crippen LogP contribution in [0.4, 0.5) is 0 Å². The van der Waals surface area contributed by atoms with E-state index >= 15 is 0 Å². The lowest BCUT2D eigenvalue weighted by atomic mass is 9.95. The molecule has 9 heteroatoms. The Morgan fingerprint density at radius 2 is 1.86 bits per heavy atom. The average molecular weight is 576 g/mol. The molecule has 1 aliphatic heterocycles. The first kappa shape index (κ1) is 28.5. The smallest absolute Gasteiger partial charge is 0.295 e. The Kier molecular flexibility index (Phi) is 10.00. The van der Waals surface area contributed by atoms with Gasteiger partial charge in [0.15, 0.2) is 11.5 Å². The summed E-state index contributed by atoms with van der Waals surface area (Å²) in [5.41, 5.74) is 0.896. The van der Waals surface area contributed by atoms with E-state index in [1.807, 2.05) is 6.92 Å². The molecule has 1 heterocycles. The number of rotatable bonds is 12. The minimum absolute atomic E-state index is 0.0138. The van der Waals surface area contributed by atoms with Gasteiger partial charge in [0.2, 0.25) is 0 Å². The van der Waals surface area contributed by atoms with Crippen molar-refractivity contribution >= 4 is 33.4 Å². The van der Waals surface area contributed by atoms with Gasteiger partial charge in [-0.1, -0.05) is 32.9 Å². The second-order valence-corrected chi connectivity index (χ2v) is 9.66. The number of hydrogen-bond donors (Lipinski definition) is 2. The number of Topliss-reactive ketones (excluding diaryl/α,β-unsaturated/α-hetero) is 1. The number of hydrogen-bond acceptors (Lipinski definition) is 7. The monoisotopic (exact) mass is 574 g/mol. The Hall–Kier alpha value is -3.04. The van der Waals surface area contributed by atoms with Crippen molar-refractivity contribution < 1.29 is 29.3 Å². The SMILES string of the molecule is CCCOc1cccc(/C(O)=C2\C(=O)C(=O)N(CCCN(CC)CC)C2c2cc(Br)c(O)c(OC)c2)c1. The van der Waals surface area contributed by atoms with Gasteiger partial charge < -0.3 is 29.5 Å². The lowest BCUT2D eigenvalue weighted by Crippen LogP contribution is -2.33. The molecule has 1 fully saturated rings. The van der Waals surface area contributed by atoms with Crippen LogP contribution in [0.5, 0.6) is 17.2 Å². The Balaban J connectivity index is 2.11. The predicted octanol–water partition coefficient (Wildman–Crippen LogP) is 5.11. The van der Waals surface area contributed by atoms with E-state index in [0.717, 1.165) is 26.1 Å². The minimum Gasteiger partial charge on any atom is -0.507 e. The van der Waals surface area contributed by atoms with Crippen LogP contribution in [-0.4, -0.2) is 71.6 Å². The molecule has 1 aliphatic rings. The molecule has 2 aromatic rings. The number of amides is 1. The Labute approximate surface area is 226 Å². The van der Waals surface area contributed by atoms with Crippen molar-refractivity contribution in [2.45, 2.75) is 39.7 Å². The topological polar surface area (TPSA) is 99.5 Å². The highest BCUT2D eigenvalue weighted by atomic mass is 79.9. The zero-order chi connectivity index (χ0) is 27.1. The molecular formula is C28H35BrN2O6. The maximum absolute atomic E-state index is 13.3. The molecule has 1 saturated heterocycles. The highest BCUT2D eigenvalue weighted by Gasteiger charge is 2.46. The highest BCUT2D eigenvalue weighted by Crippen LogP contribution is 2.44. The van der Waals surface area contributed by atoms with Crippen LogP contribution in [0.1, 0.15) is 50.8 Å². The molecule has 3 rings (SSSR count). The van der Waals surface area contributed by atoms with E-state index in [1.165, 1.54) is 12.0 Å². The summed E-state index contributed by atoms with van der Waals surface area (Å²) in [5, 5.41) is 21.7. The summed E-state index contributed by atoms with van der Waals surface area (Å²) in [5.74, 6) is -1.05. The molecule has 0 radical (unpaired) electrons. The van der Waals surface area contributed by atoms with Crippen molar-refractivity contribution in [2.24, 2.45) is 0 Å². The van der Waals surface area contributed by atoms with E-state index in [4.69, 9.17) is 9.47 Å². The third kappa shape index (κ3) is 6.27. The number of nitrogens with zero attached hydrogens (tertiary/aromatic N) is 2. The van der Waals surface area contributed by atoms with Gasteiger partial charge in [-0.05, 0) is 78.2 Å². The first-order valence-corrected chi connectivity index (χ1v) is 13.4. The molecule has 1 amide bonds. The Morgan fingerprint density at radius 1 is 1.14 bits per heavy atom. The van der Waals surface area contributed by atoms with Crippen LogP contribution in [0.15, 0.2) is 46.4 Å². The number of carbonyl (C=O) groups excluding carboxylic acids is 2. The van der Waals surface area contributed by atoms with Crippen LogP contribution in [0.3, 0.4) is 0 Å². The van der Waals surface area contributed by atoms with Crippen molar-refractivity contribution in [1.82, 2.24) is 9.80 Å². The van der Waals surface area contributed by atoms with Gasteiger partial charge in [-0.15, -0.1) is 0 Å². The lowest BCUT2D eigenvalue weighted by molar-refractivity contribution is -0.140. The molecule has 37 heavy (non-hydrogen) atoms. The lowest BCUT2D eigenvalue weighted by Gasteiger charge is -2.27. The van der Waals surface area contributed by atoms with Gasteiger partial charge in [-0.2, -0.15) is 0 Å². The molecule has 1 unspecified atom stereocenters. The van der Waals surface area contributed by atoms with Crippen molar-refractivity contribution in [1.29, 1.82) is 0 Å². The van der Waals surface area contributed by atoms with Gasteiger partial charge in [0, 0.05) is 12.1 Å². The van der Waals surface area contributed by atoms with Crippen molar-refractivity contribution in [3.05, 3.63) is 57.6 Å². The highest BCUT2D eigenvalue weighted by molar-refractivity contribution is 9.10. The maximum atomic E-state index is 13.3. The summed E-state index contributed by atoms with van der Waals surface area (Å²) in [4.78, 5) is 30.3. The number of phenolic OH excluding ortho intramolecular Hbond substituents is 1. The third-order valence-corrected chi connectivity index (χ3v) is 7.08. The normalized spacial score (nSPS) is 17.0. The van der Waals surface area contributed by atoms with Crippen LogP contribution >= 0.6 is 15.9 Å². The largest absolute Gasteiger partial charge is 0.507 e. The first-order chi connectivity index (χ1) is 17.8. The standard InChI is InChI=1S/C28H35BrN2O6/c1-5-14-37-20-11-8-10-18(15-20)25(32)23-24(19-16-21(29)26(33)22(17-19)36-4)31(28(35)27(23)34)13-9-12-30(6-2)7-3/h8,10-11,15-17,24,32-33H,5-7,9,12-14H2,1-4H3/b25-23+. The van der Waals surface area contributed by atoms with E-state index in [1.54, 1.807) is 36.4 Å². The maximum Gasteiger partial charge on any atom is 0.295 e. The summed E-state index contributed by atoms with van der Waals surface area (Å²) in [6.07, 6.45) is 1.48. The van der Waals surface area contributed by atoms with Gasteiger partial charge >= 0.3 is 0 Å². The van der Waals surface area contributed by atoms with E-state index in [2.05, 4.69) is 34.7 Å². The van der Waals surface area contributed by atoms with Gasteiger partial charge in [0.25, 0.3) is 11.7 Å². The number of likely N-dealkylation sites (tertiary alicyclic amines) is 1. The molecule has 0 spiro atoms. The van der Waals surface area contributed by atoms with Crippen LogP contribution in [0.25, 0.3) is 5.76 Å². The number of benzene rings is 2. The second-order valence-electron chi connectivity index (χ2n) is 8.80. The molecule has 1 atom stereocenters. The summed E-state index contributed by atoms with van der Waals surface area (Å²) in [6.45, 7) is 9.53. The second kappa shape index (κ2) is 13.0. The zero-order valence-corrected chi connectivity index (χ0v) is 23.4. The number of aromatic hydroxyl groups is 1. The first-order valence-electron chi connectivity index (χ1n) is 12.6. The minimum atomic E-state index is -0.859. The fraction of sp³-hybridized carbons (Fsp3) is 0.429. The van der Waals surface area contributed by atoms with Gasteiger partial charge in [0.05, 0.1) is 29.8 Å². The zero-order valence-electron chi connectivity index (χ0n) is 21.8. The van der Waals surface area contributed by atoms with Crippen LogP contribution in [-0.2, 0) is 9.59 Å². The molecule has 2 aromatic carbocycles. The number of aliphatic hydroxyl groups is 1. The van der Waals surface area contributed by atoms with Crippen LogP contribution in [0.2, 0.25) is 0 Å². The van der Waals surface area contributed by atoms with E-state index in [-0.39, 0.29) is 22.8 Å². The molecule has 0 saturated carbocycles. The average Bonchev–Trinajstić information content (AvgIpc) is 3.16. The molecule has 8 nitrogen and oxygen atoms in total. The van der Waals surface area contributed by atoms with Crippen LogP contribution < -0.4 is 9.47 Å². The van der Waals surface area contributed by atoms with Crippen molar-refractivity contribution in [2.75, 3.05) is 39.9 Å². The Bertz CT molecular complexity index is 1160. The van der Waals surface area contributed by atoms with E-state index in [0.29, 0.717) is 40.9 Å². The van der Waals surface area contributed by atoms with Gasteiger partial charge in [-0.25, -0.2) is 0 Å². The number of carbonyl (C=O) groups is 2. The van der Waals surface area contributed by atoms with E-state index < -0.39 is 17.7 Å². The van der Waals surface area contributed by atoms with Crippen LogP contribution in [0, 0.1) is 0 Å². The van der Waals surface area contributed by atoms with Gasteiger partial charge in [-0.3, -0.25) is 9.59 Å². The summed E-state index contributed by atoms with van der Waals surface area (Å²) in [7, 11) is 1.42. The number of methoxy groups -OCH3 is 1. The Morgan fingerprint density at radius 3 is 2.51 bits per heavy atom. The molecular weight excluding hydrogens is 540 g/mol. The number of ketones is 1. The number of ether oxygens (including phenoxy) is 2. The predicted molar refractivity (Wildman–Crippen MR) is 146 cm³/mol. The van der Waals surface area contributed by atoms with E-state index in [9.17, 15) is 19.8 Å². The van der Waals surface area contributed by atoms with Gasteiger partial charge in [0.1, 0.15) is 11.5 Å². The number of halogens is 1. The molecule has 0 aliphatic carbocycles. The summed E-state index contributed by atoms with van der Waals surface area (Å²) in [6, 6.07) is 9.20. The van der Waals surface area contributed by atoms with Crippen molar-refractivity contribution in [3.63, 3.8) is 0 Å². The molecule has 200 valence electrons. The fourth-order valence-electron chi connectivity index (χ4n) is 4.48. The molecule has 0 bridgehead atoms. The number of phenols is 1. The molecule has 0 aromatic heterocycles. The summed E-state index contributed by atoms with van der Waals surface area (Å²) < 4.78 is 11.4. The fourth-order valence-corrected chi connectivity index (χ4v) is 4.94.